The van der Waals surface area contributed by atoms with Crippen LogP contribution in [0.4, 0.5) is 0 Å². The highest BCUT2D eigenvalue weighted by Crippen LogP contribution is 2.18. The van der Waals surface area contributed by atoms with Crippen LogP contribution in [0.2, 0.25) is 0 Å². The van der Waals surface area contributed by atoms with E-state index in [1.54, 1.807) is 23.1 Å². The Morgan fingerprint density at radius 3 is 2.34 bits per heavy atom. The molecule has 0 N–H and O–H groups in total. The summed E-state index contributed by atoms with van der Waals surface area (Å²) in [4.78, 5) is 44.0. The normalized spacial score (nSPS) is 10.8. The average molecular weight is 527 g/mol. The number of carbonyl (C=O) groups excluding carboxylic acids is 2. The van der Waals surface area contributed by atoms with Crippen LogP contribution < -0.4 is 5.43 Å². The van der Waals surface area contributed by atoms with Gasteiger partial charge in [-0.2, -0.15) is 0 Å². The first kappa shape index (κ1) is 26.9. The van der Waals surface area contributed by atoms with Crippen molar-refractivity contribution in [1.82, 2.24) is 9.80 Å². The second kappa shape index (κ2) is 12.9. The van der Waals surface area contributed by atoms with Crippen LogP contribution in [0, 0.1) is 6.92 Å². The van der Waals surface area contributed by atoms with E-state index in [9.17, 15) is 14.4 Å². The maximum atomic E-state index is 13.6. The number of hydrogen-bond acceptors (Lipinski definition) is 5. The summed E-state index contributed by atoms with van der Waals surface area (Å²) in [5.74, 6) is -0.220. The summed E-state index contributed by atoms with van der Waals surface area (Å²) in [6.45, 7) is 6.15. The zero-order valence-electron chi connectivity index (χ0n) is 21.3. The van der Waals surface area contributed by atoms with Crippen molar-refractivity contribution in [3.63, 3.8) is 0 Å². The monoisotopic (exact) mass is 526 g/mol. The maximum absolute atomic E-state index is 13.6. The summed E-state index contributed by atoms with van der Waals surface area (Å²) in [6, 6.07) is 24.7. The van der Waals surface area contributed by atoms with Gasteiger partial charge in [0.1, 0.15) is 12.1 Å². The lowest BCUT2D eigenvalue weighted by Crippen LogP contribution is -2.43. The lowest BCUT2D eigenvalue weighted by molar-refractivity contribution is -0.139. The van der Waals surface area contributed by atoms with Crippen LogP contribution in [-0.4, -0.2) is 40.5 Å². The molecule has 0 aliphatic rings. The third-order valence-electron chi connectivity index (χ3n) is 6.06. The molecule has 0 aliphatic carbocycles. The van der Waals surface area contributed by atoms with E-state index < -0.39 is 0 Å². The smallest absolute Gasteiger partial charge is 0.242 e. The van der Waals surface area contributed by atoms with Crippen molar-refractivity contribution in [2.24, 2.45) is 0 Å². The summed E-state index contributed by atoms with van der Waals surface area (Å²) < 4.78 is 5.72. The number of fused-ring (bicyclic) bond motifs is 1. The summed E-state index contributed by atoms with van der Waals surface area (Å²) in [7, 11) is 0. The van der Waals surface area contributed by atoms with Gasteiger partial charge in [-0.25, -0.2) is 0 Å². The van der Waals surface area contributed by atoms with Crippen molar-refractivity contribution < 1.29 is 14.0 Å². The molecule has 0 aliphatic heterocycles. The Bertz CT molecular complexity index is 1470. The molecule has 0 saturated carbocycles. The lowest BCUT2D eigenvalue weighted by Gasteiger charge is -2.27. The molecule has 4 aromatic rings. The van der Waals surface area contributed by atoms with E-state index in [2.05, 4.69) is 6.58 Å². The van der Waals surface area contributed by atoms with Gasteiger partial charge in [0.05, 0.1) is 29.5 Å². The van der Waals surface area contributed by atoms with Crippen LogP contribution in [-0.2, 0) is 22.7 Å². The molecule has 2 amide bonds. The topological polar surface area (TPSA) is 70.8 Å². The van der Waals surface area contributed by atoms with E-state index in [-0.39, 0.29) is 42.6 Å². The van der Waals surface area contributed by atoms with E-state index >= 15 is 0 Å². The highest BCUT2D eigenvalue weighted by atomic mass is 32.2. The molecular formula is C31H30N2O4S. The van der Waals surface area contributed by atoms with Crippen LogP contribution in [0.15, 0.2) is 112 Å². The molecule has 0 unspecified atom stereocenters. The molecule has 194 valence electrons. The van der Waals surface area contributed by atoms with Gasteiger partial charge in [-0.3, -0.25) is 14.4 Å². The zero-order chi connectivity index (χ0) is 26.9. The number of nitrogens with zero attached hydrogens (tertiary/aromatic N) is 2. The van der Waals surface area contributed by atoms with Crippen molar-refractivity contribution in [2.45, 2.75) is 24.9 Å². The molecule has 0 radical (unpaired) electrons. The van der Waals surface area contributed by atoms with Gasteiger partial charge in [0.25, 0.3) is 0 Å². The zero-order valence-corrected chi connectivity index (χ0v) is 22.2. The second-order valence-corrected chi connectivity index (χ2v) is 10.0. The summed E-state index contributed by atoms with van der Waals surface area (Å²) in [6.07, 6.45) is 3.04. The van der Waals surface area contributed by atoms with E-state index in [1.807, 2.05) is 73.7 Å². The average Bonchev–Trinajstić information content (AvgIpc) is 2.94. The van der Waals surface area contributed by atoms with Gasteiger partial charge in [-0.1, -0.05) is 66.2 Å². The fourth-order valence-electron chi connectivity index (χ4n) is 4.06. The minimum absolute atomic E-state index is 0.0643. The molecule has 0 bridgehead atoms. The number of rotatable bonds is 11. The van der Waals surface area contributed by atoms with E-state index in [0.29, 0.717) is 23.1 Å². The Balaban J connectivity index is 1.55. The molecule has 1 heterocycles. The number of amides is 2. The van der Waals surface area contributed by atoms with E-state index in [4.69, 9.17) is 4.42 Å². The number of carbonyl (C=O) groups is 2. The quantitative estimate of drug-likeness (QED) is 0.192. The highest BCUT2D eigenvalue weighted by Gasteiger charge is 2.23. The van der Waals surface area contributed by atoms with Gasteiger partial charge in [0, 0.05) is 18.0 Å². The van der Waals surface area contributed by atoms with Gasteiger partial charge < -0.3 is 14.2 Å². The van der Waals surface area contributed by atoms with Crippen LogP contribution >= 0.6 is 11.8 Å². The maximum Gasteiger partial charge on any atom is 0.242 e. The number of benzene rings is 3. The molecule has 3 aromatic carbocycles. The third-order valence-corrected chi connectivity index (χ3v) is 7.06. The minimum Gasteiger partial charge on any atom is -0.464 e. The molecule has 0 spiro atoms. The molecule has 0 saturated heterocycles. The van der Waals surface area contributed by atoms with Crippen LogP contribution in [0.1, 0.15) is 16.7 Å². The first-order chi connectivity index (χ1) is 18.4. The second-order valence-electron chi connectivity index (χ2n) is 8.99. The van der Waals surface area contributed by atoms with Crippen molar-refractivity contribution in [3.8, 4) is 0 Å². The number of hydrogen-bond donors (Lipinski definition) is 0. The van der Waals surface area contributed by atoms with Crippen molar-refractivity contribution in [1.29, 1.82) is 0 Å². The molecule has 0 fully saturated rings. The predicted molar refractivity (Wildman–Crippen MR) is 152 cm³/mol. The van der Waals surface area contributed by atoms with E-state index in [1.165, 1.54) is 22.9 Å². The minimum atomic E-state index is -0.266. The Kier molecular flexibility index (Phi) is 9.16. The van der Waals surface area contributed by atoms with Gasteiger partial charge in [0.2, 0.25) is 11.8 Å². The van der Waals surface area contributed by atoms with Gasteiger partial charge in [-0.15, -0.1) is 18.3 Å². The molecular weight excluding hydrogens is 496 g/mol. The fourth-order valence-corrected chi connectivity index (χ4v) is 4.88. The first-order valence-electron chi connectivity index (χ1n) is 12.3. The standard InChI is InChI=1S/C31H30N2O4S/c1-3-16-32(30(35)22-38-26-12-8-5-9-13-26)20-29(34)33(18-24-10-6-4-7-11-24)19-25-21-37-28-15-14-23(2)17-27(28)31(25)36/h3-15,17,21H,1,16,18-20,22H2,2H3. The third kappa shape index (κ3) is 7.01. The van der Waals surface area contributed by atoms with Gasteiger partial charge >= 0.3 is 0 Å². The van der Waals surface area contributed by atoms with Crippen LogP contribution in [0.3, 0.4) is 0 Å². The van der Waals surface area contributed by atoms with Crippen molar-refractivity contribution >= 4 is 34.5 Å². The summed E-state index contributed by atoms with van der Waals surface area (Å²) >= 11 is 1.42. The lowest BCUT2D eigenvalue weighted by atomic mass is 10.1. The molecule has 7 heteroatoms. The van der Waals surface area contributed by atoms with Crippen molar-refractivity contribution in [2.75, 3.05) is 18.8 Å². The SMILES string of the molecule is C=CCN(CC(=O)N(Cc1ccccc1)Cc1coc2ccc(C)cc2c1=O)C(=O)CSc1ccccc1. The fraction of sp³-hybridized carbons (Fsp3) is 0.194. The molecule has 0 atom stereocenters. The Hall–Kier alpha value is -4.10. The number of aryl methyl sites for hydroxylation is 1. The summed E-state index contributed by atoms with van der Waals surface area (Å²) in [5, 5.41) is 0.482. The van der Waals surface area contributed by atoms with Gasteiger partial charge in [0.15, 0.2) is 5.43 Å². The Morgan fingerprint density at radius 2 is 1.63 bits per heavy atom. The highest BCUT2D eigenvalue weighted by molar-refractivity contribution is 8.00. The Morgan fingerprint density at radius 1 is 0.921 bits per heavy atom. The molecule has 6 nitrogen and oxygen atoms in total. The van der Waals surface area contributed by atoms with Crippen LogP contribution in [0.5, 0.6) is 0 Å². The van der Waals surface area contributed by atoms with Crippen molar-refractivity contribution in [3.05, 3.63) is 125 Å². The molecule has 4 rings (SSSR count). The molecule has 1 aromatic heterocycles. The molecule has 38 heavy (non-hydrogen) atoms. The van der Waals surface area contributed by atoms with Gasteiger partial charge in [-0.05, 0) is 36.8 Å². The number of thioether (sulfide) groups is 1. The summed E-state index contributed by atoms with van der Waals surface area (Å²) in [5.41, 5.74) is 2.59. The van der Waals surface area contributed by atoms with E-state index in [0.717, 1.165) is 16.0 Å². The first-order valence-corrected chi connectivity index (χ1v) is 13.3. The predicted octanol–water partition coefficient (Wildman–Crippen LogP) is 5.44. The van der Waals surface area contributed by atoms with Crippen LogP contribution in [0.25, 0.3) is 11.0 Å². The largest absolute Gasteiger partial charge is 0.464 e. The Labute approximate surface area is 226 Å².